The highest BCUT2D eigenvalue weighted by Crippen LogP contribution is 2.38. The van der Waals surface area contributed by atoms with E-state index in [9.17, 15) is 9.59 Å². The SMILES string of the molecule is CC(=O)Nc1cc(Cl)c(Oc2ccc(OC(C)=O)nn2)c(Cl)c1. The molecule has 1 N–H and O–H groups in total. The summed E-state index contributed by atoms with van der Waals surface area (Å²) in [7, 11) is 0. The summed E-state index contributed by atoms with van der Waals surface area (Å²) in [6, 6.07) is 5.84. The number of carbonyl (C=O) groups excluding carboxylic acids is 2. The highest BCUT2D eigenvalue weighted by Gasteiger charge is 2.13. The number of halogens is 2. The van der Waals surface area contributed by atoms with Gasteiger partial charge in [-0.1, -0.05) is 23.2 Å². The summed E-state index contributed by atoms with van der Waals surface area (Å²) >= 11 is 12.2. The highest BCUT2D eigenvalue weighted by atomic mass is 35.5. The van der Waals surface area contributed by atoms with Gasteiger partial charge in [-0.2, -0.15) is 0 Å². The third-order valence-electron chi connectivity index (χ3n) is 2.39. The number of hydrogen-bond acceptors (Lipinski definition) is 6. The zero-order chi connectivity index (χ0) is 17.0. The summed E-state index contributed by atoms with van der Waals surface area (Å²) < 4.78 is 10.2. The Kier molecular flexibility index (Phi) is 5.36. The molecule has 0 saturated carbocycles. The molecule has 0 radical (unpaired) electrons. The van der Waals surface area contributed by atoms with Gasteiger partial charge < -0.3 is 14.8 Å². The summed E-state index contributed by atoms with van der Waals surface area (Å²) in [6.07, 6.45) is 0. The Morgan fingerprint density at radius 3 is 2.09 bits per heavy atom. The molecule has 1 aromatic carbocycles. The Hall–Kier alpha value is -2.38. The average molecular weight is 356 g/mol. The molecule has 0 atom stereocenters. The van der Waals surface area contributed by atoms with Crippen LogP contribution in [0.3, 0.4) is 0 Å². The minimum absolute atomic E-state index is 0.0445. The Morgan fingerprint density at radius 2 is 1.61 bits per heavy atom. The normalized spacial score (nSPS) is 10.1. The second-order valence-corrected chi connectivity index (χ2v) is 5.17. The van der Waals surface area contributed by atoms with Crippen LogP contribution in [0.4, 0.5) is 5.69 Å². The number of aromatic nitrogens is 2. The molecule has 2 aromatic rings. The fourth-order valence-corrected chi connectivity index (χ4v) is 2.17. The molecular weight excluding hydrogens is 345 g/mol. The van der Waals surface area contributed by atoms with E-state index in [0.717, 1.165) is 0 Å². The van der Waals surface area contributed by atoms with E-state index in [1.54, 1.807) is 0 Å². The lowest BCUT2D eigenvalue weighted by Crippen LogP contribution is -2.06. The van der Waals surface area contributed by atoms with Gasteiger partial charge in [0.2, 0.25) is 17.7 Å². The number of amides is 1. The van der Waals surface area contributed by atoms with E-state index in [-0.39, 0.29) is 33.5 Å². The number of rotatable bonds is 4. The first-order chi connectivity index (χ1) is 10.8. The molecule has 0 fully saturated rings. The van der Waals surface area contributed by atoms with Gasteiger partial charge in [-0.15, -0.1) is 10.2 Å². The van der Waals surface area contributed by atoms with Crippen LogP contribution in [0.2, 0.25) is 10.0 Å². The van der Waals surface area contributed by atoms with Gasteiger partial charge >= 0.3 is 5.97 Å². The second kappa shape index (κ2) is 7.26. The Balaban J connectivity index is 2.19. The van der Waals surface area contributed by atoms with E-state index in [1.165, 1.54) is 38.1 Å². The maximum atomic E-state index is 11.0. The van der Waals surface area contributed by atoms with E-state index in [4.69, 9.17) is 32.7 Å². The van der Waals surface area contributed by atoms with E-state index in [1.807, 2.05) is 0 Å². The first-order valence-corrected chi connectivity index (χ1v) is 7.07. The lowest BCUT2D eigenvalue weighted by molar-refractivity contribution is -0.132. The Labute approximate surface area is 141 Å². The van der Waals surface area contributed by atoms with Gasteiger partial charge in [-0.25, -0.2) is 0 Å². The Bertz CT molecular complexity index is 727. The van der Waals surface area contributed by atoms with Crippen molar-refractivity contribution in [2.75, 3.05) is 5.32 Å². The van der Waals surface area contributed by atoms with Crippen LogP contribution in [0.5, 0.6) is 17.5 Å². The van der Waals surface area contributed by atoms with Gasteiger partial charge in [0.1, 0.15) is 0 Å². The van der Waals surface area contributed by atoms with Crippen molar-refractivity contribution in [3.05, 3.63) is 34.3 Å². The monoisotopic (exact) mass is 355 g/mol. The van der Waals surface area contributed by atoms with Crippen molar-refractivity contribution in [3.8, 4) is 17.5 Å². The number of benzene rings is 1. The largest absolute Gasteiger partial charge is 0.434 e. The Morgan fingerprint density at radius 1 is 1.04 bits per heavy atom. The number of carbonyl (C=O) groups is 2. The minimum Gasteiger partial charge on any atom is -0.434 e. The first-order valence-electron chi connectivity index (χ1n) is 6.32. The third-order valence-corrected chi connectivity index (χ3v) is 2.95. The van der Waals surface area contributed by atoms with Gasteiger partial charge in [-0.3, -0.25) is 9.59 Å². The van der Waals surface area contributed by atoms with Crippen LogP contribution in [0.1, 0.15) is 13.8 Å². The maximum Gasteiger partial charge on any atom is 0.309 e. The predicted molar refractivity (Wildman–Crippen MR) is 84.2 cm³/mol. The summed E-state index contributed by atoms with van der Waals surface area (Å²) in [5.41, 5.74) is 0.441. The topological polar surface area (TPSA) is 90.4 Å². The van der Waals surface area contributed by atoms with Crippen molar-refractivity contribution in [2.45, 2.75) is 13.8 Å². The van der Waals surface area contributed by atoms with Crippen molar-refractivity contribution in [1.29, 1.82) is 0 Å². The van der Waals surface area contributed by atoms with E-state index >= 15 is 0 Å². The number of nitrogens with zero attached hydrogens (tertiary/aromatic N) is 2. The smallest absolute Gasteiger partial charge is 0.309 e. The van der Waals surface area contributed by atoms with E-state index in [2.05, 4.69) is 15.5 Å². The summed E-state index contributed by atoms with van der Waals surface area (Å²) in [5.74, 6) is -0.442. The zero-order valence-electron chi connectivity index (χ0n) is 12.1. The summed E-state index contributed by atoms with van der Waals surface area (Å²) in [6.45, 7) is 2.62. The van der Waals surface area contributed by atoms with Gasteiger partial charge in [0.25, 0.3) is 0 Å². The molecule has 1 aromatic heterocycles. The lowest BCUT2D eigenvalue weighted by Gasteiger charge is -2.11. The van der Waals surface area contributed by atoms with Gasteiger partial charge in [0.05, 0.1) is 10.0 Å². The molecule has 0 unspecified atom stereocenters. The van der Waals surface area contributed by atoms with Crippen LogP contribution in [0.15, 0.2) is 24.3 Å². The molecule has 7 nitrogen and oxygen atoms in total. The maximum absolute atomic E-state index is 11.0. The van der Waals surface area contributed by atoms with E-state index < -0.39 is 5.97 Å². The quantitative estimate of drug-likeness (QED) is 0.844. The van der Waals surface area contributed by atoms with E-state index in [0.29, 0.717) is 5.69 Å². The molecule has 0 aliphatic rings. The van der Waals surface area contributed by atoms with Crippen LogP contribution >= 0.6 is 23.2 Å². The molecule has 0 aliphatic carbocycles. The molecule has 2 rings (SSSR count). The summed E-state index contributed by atoms with van der Waals surface area (Å²) in [4.78, 5) is 21.8. The molecule has 0 aliphatic heterocycles. The van der Waals surface area contributed by atoms with Crippen LogP contribution in [0.25, 0.3) is 0 Å². The molecule has 1 amide bonds. The molecular formula is C14H11Cl2N3O4. The highest BCUT2D eigenvalue weighted by molar-refractivity contribution is 6.37. The molecule has 0 saturated heterocycles. The van der Waals surface area contributed by atoms with Crippen LogP contribution in [-0.2, 0) is 9.59 Å². The third kappa shape index (κ3) is 4.80. The van der Waals surface area contributed by atoms with Crippen molar-refractivity contribution in [1.82, 2.24) is 10.2 Å². The molecule has 0 bridgehead atoms. The molecule has 0 spiro atoms. The van der Waals surface area contributed by atoms with Crippen molar-refractivity contribution in [3.63, 3.8) is 0 Å². The number of esters is 1. The molecule has 9 heteroatoms. The zero-order valence-corrected chi connectivity index (χ0v) is 13.6. The second-order valence-electron chi connectivity index (χ2n) is 4.36. The fourth-order valence-electron chi connectivity index (χ4n) is 1.60. The van der Waals surface area contributed by atoms with Crippen LogP contribution in [0, 0.1) is 0 Å². The molecule has 23 heavy (non-hydrogen) atoms. The average Bonchev–Trinajstić information content (AvgIpc) is 2.43. The minimum atomic E-state index is -0.507. The van der Waals surface area contributed by atoms with Gasteiger partial charge in [0, 0.05) is 31.7 Å². The van der Waals surface area contributed by atoms with Crippen LogP contribution in [-0.4, -0.2) is 22.1 Å². The fraction of sp³-hybridized carbons (Fsp3) is 0.143. The standard InChI is InChI=1S/C14H11Cl2N3O4/c1-7(20)17-9-5-10(15)14(11(16)6-9)23-13-4-3-12(18-19-13)22-8(2)21/h3-6H,1-2H3,(H,17,20). The lowest BCUT2D eigenvalue weighted by atomic mass is 10.3. The number of nitrogens with one attached hydrogen (secondary N) is 1. The number of anilines is 1. The number of hydrogen-bond donors (Lipinski definition) is 1. The van der Waals surface area contributed by atoms with Crippen molar-refractivity contribution < 1.29 is 19.1 Å². The van der Waals surface area contributed by atoms with Gasteiger partial charge in [-0.05, 0) is 12.1 Å². The van der Waals surface area contributed by atoms with Gasteiger partial charge in [0.15, 0.2) is 5.75 Å². The van der Waals surface area contributed by atoms with Crippen LogP contribution < -0.4 is 14.8 Å². The molecule has 1 heterocycles. The van der Waals surface area contributed by atoms with Crippen molar-refractivity contribution >= 4 is 40.8 Å². The van der Waals surface area contributed by atoms with Crippen molar-refractivity contribution in [2.24, 2.45) is 0 Å². The number of ether oxygens (including phenoxy) is 2. The predicted octanol–water partition coefficient (Wildman–Crippen LogP) is 3.46. The first kappa shape index (κ1) is 17.0. The molecule has 120 valence electrons. The summed E-state index contributed by atoms with van der Waals surface area (Å²) in [5, 5.41) is 10.4.